The third-order valence-electron chi connectivity index (χ3n) is 3.38. The number of hydrogen-bond acceptors (Lipinski definition) is 7. The molecule has 2 heterocycles. The molecule has 0 unspecified atom stereocenters. The Hall–Kier alpha value is -1.46. The van der Waals surface area contributed by atoms with Crippen LogP contribution in [-0.4, -0.2) is 52.3 Å². The molecule has 0 aromatic heterocycles. The first-order valence-corrected chi connectivity index (χ1v) is 9.74. The molecule has 0 saturated heterocycles. The van der Waals surface area contributed by atoms with E-state index >= 15 is 0 Å². The SMILES string of the molecule is CS(=O)(=O)N1CC2=C(CNC2)N1OS(=O)(=O)c1ccccc1. The normalized spacial score (nSPS) is 19.8. The summed E-state index contributed by atoms with van der Waals surface area (Å²) in [6.07, 6.45) is 1.01. The van der Waals surface area contributed by atoms with Crippen molar-refractivity contribution in [2.75, 3.05) is 25.9 Å². The van der Waals surface area contributed by atoms with Crippen molar-refractivity contribution < 1.29 is 21.1 Å². The fourth-order valence-electron chi connectivity index (χ4n) is 2.33. The molecule has 1 N–H and O–H groups in total. The fourth-order valence-corrected chi connectivity index (χ4v) is 4.09. The number of benzene rings is 1. The van der Waals surface area contributed by atoms with Gasteiger partial charge in [0, 0.05) is 13.1 Å². The van der Waals surface area contributed by atoms with Gasteiger partial charge in [-0.2, -0.15) is 13.6 Å². The van der Waals surface area contributed by atoms with Gasteiger partial charge in [-0.1, -0.05) is 22.6 Å². The third-order valence-corrected chi connectivity index (χ3v) is 5.61. The van der Waals surface area contributed by atoms with Crippen LogP contribution in [0.2, 0.25) is 0 Å². The van der Waals surface area contributed by atoms with Gasteiger partial charge in [0.25, 0.3) is 0 Å². The van der Waals surface area contributed by atoms with E-state index in [0.717, 1.165) is 21.4 Å². The predicted molar refractivity (Wildman–Crippen MR) is 78.0 cm³/mol. The first-order chi connectivity index (χ1) is 10.3. The molecule has 0 fully saturated rings. The van der Waals surface area contributed by atoms with Gasteiger partial charge in [0.15, 0.2) is 0 Å². The number of nitrogens with zero attached hydrogens (tertiary/aromatic N) is 2. The van der Waals surface area contributed by atoms with Crippen molar-refractivity contribution in [3.05, 3.63) is 41.6 Å². The number of rotatable bonds is 4. The van der Waals surface area contributed by atoms with Crippen molar-refractivity contribution in [1.29, 1.82) is 0 Å². The monoisotopic (exact) mass is 345 g/mol. The number of hydrogen-bond donors (Lipinski definition) is 1. The zero-order valence-electron chi connectivity index (χ0n) is 11.8. The molecule has 0 saturated carbocycles. The molecule has 10 heteroatoms. The van der Waals surface area contributed by atoms with Crippen LogP contribution in [0.25, 0.3) is 0 Å². The Balaban J connectivity index is 1.95. The van der Waals surface area contributed by atoms with Crippen molar-refractivity contribution in [2.24, 2.45) is 0 Å². The molecule has 2 aliphatic heterocycles. The molecule has 2 aliphatic rings. The average molecular weight is 345 g/mol. The Kier molecular flexibility index (Phi) is 3.73. The number of hydroxylamine groups is 1. The van der Waals surface area contributed by atoms with E-state index in [2.05, 4.69) is 5.32 Å². The van der Waals surface area contributed by atoms with E-state index < -0.39 is 20.1 Å². The molecule has 0 amide bonds. The molecule has 1 aromatic carbocycles. The molecule has 0 bridgehead atoms. The van der Waals surface area contributed by atoms with Crippen molar-refractivity contribution in [3.63, 3.8) is 0 Å². The minimum atomic E-state index is -4.12. The Morgan fingerprint density at radius 1 is 1.09 bits per heavy atom. The maximum atomic E-state index is 12.3. The highest BCUT2D eigenvalue weighted by molar-refractivity contribution is 7.88. The summed E-state index contributed by atoms with van der Waals surface area (Å²) in [4.78, 5) is -0.0385. The standard InChI is InChI=1S/C12H15N3O5S2/c1-21(16,17)14-9-10-7-13-8-12(10)15(14)20-22(18,19)11-5-3-2-4-6-11/h2-6,13H,7-9H2,1H3. The van der Waals surface area contributed by atoms with E-state index in [0.29, 0.717) is 18.8 Å². The van der Waals surface area contributed by atoms with Gasteiger partial charge in [0.05, 0.1) is 23.4 Å². The molecule has 0 radical (unpaired) electrons. The first kappa shape index (κ1) is 15.4. The molecular weight excluding hydrogens is 330 g/mol. The zero-order chi connectivity index (χ0) is 16.0. The Bertz CT molecular complexity index is 818. The summed E-state index contributed by atoms with van der Waals surface area (Å²) in [5.41, 5.74) is 1.32. The van der Waals surface area contributed by atoms with E-state index in [1.165, 1.54) is 12.1 Å². The predicted octanol–water partition coefficient (Wildman–Crippen LogP) is -0.344. The van der Waals surface area contributed by atoms with Crippen LogP contribution in [0, 0.1) is 0 Å². The van der Waals surface area contributed by atoms with Crippen LogP contribution < -0.4 is 5.32 Å². The van der Waals surface area contributed by atoms with Crippen LogP contribution in [0.1, 0.15) is 0 Å². The minimum absolute atomic E-state index is 0.0385. The molecule has 0 aliphatic carbocycles. The topological polar surface area (TPSA) is 96.0 Å². The van der Waals surface area contributed by atoms with Gasteiger partial charge in [0.1, 0.15) is 0 Å². The van der Waals surface area contributed by atoms with Crippen LogP contribution in [0.3, 0.4) is 0 Å². The highest BCUT2D eigenvalue weighted by Crippen LogP contribution is 2.30. The minimum Gasteiger partial charge on any atom is -0.307 e. The molecule has 120 valence electrons. The molecule has 8 nitrogen and oxygen atoms in total. The zero-order valence-corrected chi connectivity index (χ0v) is 13.4. The van der Waals surface area contributed by atoms with Crippen molar-refractivity contribution in [1.82, 2.24) is 14.9 Å². The highest BCUT2D eigenvalue weighted by Gasteiger charge is 2.41. The van der Waals surface area contributed by atoms with Crippen LogP contribution in [0.5, 0.6) is 0 Å². The number of hydrazine groups is 1. The Morgan fingerprint density at radius 3 is 2.41 bits per heavy atom. The third kappa shape index (κ3) is 2.75. The van der Waals surface area contributed by atoms with Gasteiger partial charge < -0.3 is 5.32 Å². The summed E-state index contributed by atoms with van der Waals surface area (Å²) >= 11 is 0. The molecule has 0 spiro atoms. The van der Waals surface area contributed by atoms with E-state index in [1.54, 1.807) is 18.2 Å². The summed E-state index contributed by atoms with van der Waals surface area (Å²) in [5.74, 6) is 0. The highest BCUT2D eigenvalue weighted by atomic mass is 32.2. The van der Waals surface area contributed by atoms with Crippen LogP contribution in [0.15, 0.2) is 46.5 Å². The van der Waals surface area contributed by atoms with Crippen molar-refractivity contribution >= 4 is 20.1 Å². The van der Waals surface area contributed by atoms with E-state index in [4.69, 9.17) is 4.28 Å². The number of nitrogens with one attached hydrogen (secondary N) is 1. The quantitative estimate of drug-likeness (QED) is 0.797. The van der Waals surface area contributed by atoms with Crippen molar-refractivity contribution in [3.8, 4) is 0 Å². The van der Waals surface area contributed by atoms with Gasteiger partial charge >= 0.3 is 10.1 Å². The summed E-state index contributed by atoms with van der Waals surface area (Å²) < 4.78 is 54.4. The average Bonchev–Trinajstić information content (AvgIpc) is 3.02. The van der Waals surface area contributed by atoms with Crippen LogP contribution in [0.4, 0.5) is 0 Å². The van der Waals surface area contributed by atoms with Gasteiger partial charge in [-0.3, -0.25) is 0 Å². The largest absolute Gasteiger partial charge is 0.319 e. The lowest BCUT2D eigenvalue weighted by molar-refractivity contribution is -0.122. The molecule has 22 heavy (non-hydrogen) atoms. The summed E-state index contributed by atoms with van der Waals surface area (Å²) in [5, 5.41) is 3.91. The summed E-state index contributed by atoms with van der Waals surface area (Å²) in [7, 11) is -7.77. The molecular formula is C12H15N3O5S2. The van der Waals surface area contributed by atoms with E-state index in [-0.39, 0.29) is 11.4 Å². The second-order valence-electron chi connectivity index (χ2n) is 5.01. The van der Waals surface area contributed by atoms with Gasteiger partial charge in [-0.15, -0.1) is 4.28 Å². The lowest BCUT2D eigenvalue weighted by Gasteiger charge is -2.28. The first-order valence-electron chi connectivity index (χ1n) is 6.48. The number of sulfonamides is 1. The molecule has 0 atom stereocenters. The van der Waals surface area contributed by atoms with Crippen LogP contribution >= 0.6 is 0 Å². The second-order valence-corrected chi connectivity index (χ2v) is 8.43. The molecule has 3 rings (SSSR count). The van der Waals surface area contributed by atoms with E-state index in [9.17, 15) is 16.8 Å². The van der Waals surface area contributed by atoms with Gasteiger partial charge in [-0.25, -0.2) is 8.42 Å². The van der Waals surface area contributed by atoms with Crippen LogP contribution in [-0.2, 0) is 24.4 Å². The summed E-state index contributed by atoms with van der Waals surface area (Å²) in [6.45, 7) is 0.948. The second kappa shape index (κ2) is 5.32. The fraction of sp³-hybridized carbons (Fsp3) is 0.333. The van der Waals surface area contributed by atoms with Gasteiger partial charge in [-0.05, 0) is 17.7 Å². The van der Waals surface area contributed by atoms with Crippen molar-refractivity contribution in [2.45, 2.75) is 4.90 Å². The lowest BCUT2D eigenvalue weighted by Crippen LogP contribution is -2.44. The smallest absolute Gasteiger partial charge is 0.307 e. The maximum Gasteiger partial charge on any atom is 0.319 e. The maximum absolute atomic E-state index is 12.3. The van der Waals surface area contributed by atoms with Gasteiger partial charge in [0.2, 0.25) is 10.0 Å². The van der Waals surface area contributed by atoms with E-state index in [1.807, 2.05) is 0 Å². The lowest BCUT2D eigenvalue weighted by atomic mass is 10.3. The summed E-state index contributed by atoms with van der Waals surface area (Å²) in [6, 6.07) is 7.59. The molecule has 1 aromatic rings. The Labute approximate surface area is 129 Å². The Morgan fingerprint density at radius 2 is 1.77 bits per heavy atom.